The fourth-order valence-corrected chi connectivity index (χ4v) is 3.94. The summed E-state index contributed by atoms with van der Waals surface area (Å²) in [5.41, 5.74) is -4.39. The predicted molar refractivity (Wildman–Crippen MR) is 130 cm³/mol. The molecule has 0 bridgehead atoms. The van der Waals surface area contributed by atoms with Crippen LogP contribution < -0.4 is 10.4 Å². The molecule has 0 radical (unpaired) electrons. The number of ketones is 1. The van der Waals surface area contributed by atoms with Crippen molar-refractivity contribution >= 4 is 17.4 Å². The zero-order chi connectivity index (χ0) is 28.6. The Kier molecular flexibility index (Phi) is 7.79. The van der Waals surface area contributed by atoms with Crippen molar-refractivity contribution in [3.63, 3.8) is 0 Å². The number of aromatic nitrogens is 3. The highest BCUT2D eigenvalue weighted by Gasteiger charge is 2.71. The highest BCUT2D eigenvalue weighted by molar-refractivity contribution is 6.33. The molecule has 0 spiro atoms. The molecule has 39 heavy (non-hydrogen) atoms. The minimum atomic E-state index is -5.81. The Morgan fingerprint density at radius 2 is 1.67 bits per heavy atom. The fraction of sp³-hybridized carbons (Fsp3) is 0.385. The number of aryl methyl sites for hydroxylation is 1. The van der Waals surface area contributed by atoms with Gasteiger partial charge in [-0.3, -0.25) is 9.78 Å². The molecule has 0 unspecified atom stereocenters. The quantitative estimate of drug-likeness (QED) is 0.293. The Morgan fingerprint density at radius 1 is 1.03 bits per heavy atom. The number of hydrogen-bond donors (Lipinski definition) is 1. The third-order valence-corrected chi connectivity index (χ3v) is 6.89. The molecule has 0 atom stereocenters. The summed E-state index contributed by atoms with van der Waals surface area (Å²) < 4.78 is 85.0. The van der Waals surface area contributed by atoms with Crippen LogP contribution in [0, 0.1) is 11.3 Å². The lowest BCUT2D eigenvalue weighted by molar-refractivity contribution is -0.318. The lowest BCUT2D eigenvalue weighted by atomic mass is 9.81. The van der Waals surface area contributed by atoms with Crippen molar-refractivity contribution in [2.45, 2.75) is 45.0 Å². The van der Waals surface area contributed by atoms with Crippen LogP contribution in [0.3, 0.4) is 0 Å². The van der Waals surface area contributed by atoms with Gasteiger partial charge in [0.1, 0.15) is 11.6 Å². The van der Waals surface area contributed by atoms with Crippen LogP contribution in [0.1, 0.15) is 31.7 Å². The van der Waals surface area contributed by atoms with Crippen molar-refractivity contribution in [1.82, 2.24) is 15.0 Å². The van der Waals surface area contributed by atoms with Gasteiger partial charge in [0.25, 0.3) is 0 Å². The first-order valence-corrected chi connectivity index (χ1v) is 12.2. The smallest absolute Gasteiger partial charge is 0.409 e. The van der Waals surface area contributed by atoms with E-state index in [0.717, 1.165) is 12.8 Å². The maximum Gasteiger partial charge on any atom is 0.409 e. The minimum Gasteiger partial charge on any atom is -0.493 e. The van der Waals surface area contributed by atoms with E-state index in [1.165, 1.54) is 18.2 Å². The molecule has 2 aromatic carbocycles. The molecule has 1 aliphatic carbocycles. The number of benzene rings is 2. The number of rotatable bonds is 9. The topological polar surface area (TPSA) is 84.9 Å². The second-order valence-electron chi connectivity index (χ2n) is 9.46. The number of carbonyl (C=O) groups is 1. The van der Waals surface area contributed by atoms with Gasteiger partial charge in [-0.15, -0.1) is 0 Å². The molecule has 0 saturated heterocycles. The highest BCUT2D eigenvalue weighted by atomic mass is 35.5. The van der Waals surface area contributed by atoms with Gasteiger partial charge in [0.15, 0.2) is 11.6 Å². The van der Waals surface area contributed by atoms with E-state index in [2.05, 4.69) is 15.0 Å². The summed E-state index contributed by atoms with van der Waals surface area (Å²) in [7, 11) is 0. The lowest BCUT2D eigenvalue weighted by Gasteiger charge is -2.32. The van der Waals surface area contributed by atoms with E-state index >= 15 is 0 Å². The van der Waals surface area contributed by atoms with Gasteiger partial charge in [-0.25, -0.2) is 9.78 Å². The largest absolute Gasteiger partial charge is 0.493 e. The molecule has 0 aliphatic heterocycles. The van der Waals surface area contributed by atoms with Crippen LogP contribution in [0.2, 0.25) is 5.02 Å². The number of carbonyl (C=O) groups excluding carboxylic acids is 1. The summed E-state index contributed by atoms with van der Waals surface area (Å²) >= 11 is 6.26. The first-order valence-electron chi connectivity index (χ1n) is 11.9. The Hall–Kier alpha value is -3.41. The van der Waals surface area contributed by atoms with Crippen LogP contribution in [-0.2, 0) is 11.2 Å². The van der Waals surface area contributed by atoms with Crippen LogP contribution in [0.5, 0.6) is 5.75 Å². The normalized spacial score (nSPS) is 14.4. The third-order valence-electron chi connectivity index (χ3n) is 6.56. The first-order chi connectivity index (χ1) is 18.2. The summed E-state index contributed by atoms with van der Waals surface area (Å²) in [6.07, 6.45) is -10.8. The van der Waals surface area contributed by atoms with Gasteiger partial charge in [-0.1, -0.05) is 17.7 Å². The summed E-state index contributed by atoms with van der Waals surface area (Å²) in [5.74, 6) is -0.756. The van der Waals surface area contributed by atoms with Crippen LogP contribution in [0.15, 0.2) is 47.3 Å². The number of aromatic amines is 1. The molecule has 6 nitrogen and oxygen atoms in total. The van der Waals surface area contributed by atoms with Crippen LogP contribution in [0.4, 0.5) is 26.3 Å². The van der Waals surface area contributed by atoms with Gasteiger partial charge in [0.05, 0.1) is 11.6 Å². The Morgan fingerprint density at radius 3 is 2.26 bits per heavy atom. The molecule has 0 amide bonds. The average Bonchev–Trinajstić information content (AvgIpc) is 3.69. The molecule has 1 saturated carbocycles. The number of nitrogens with one attached hydrogen (secondary N) is 1. The number of halogens is 7. The Bertz CT molecular complexity index is 1400. The van der Waals surface area contributed by atoms with Crippen molar-refractivity contribution in [2.75, 3.05) is 6.61 Å². The van der Waals surface area contributed by atoms with E-state index in [0.29, 0.717) is 23.8 Å². The maximum atomic E-state index is 13.2. The van der Waals surface area contributed by atoms with Gasteiger partial charge >= 0.3 is 18.0 Å². The van der Waals surface area contributed by atoms with Crippen molar-refractivity contribution in [1.29, 1.82) is 0 Å². The fourth-order valence-electron chi connectivity index (χ4n) is 3.73. The van der Waals surface area contributed by atoms with Crippen LogP contribution in [-0.4, -0.2) is 39.7 Å². The molecule has 1 heterocycles. The van der Waals surface area contributed by atoms with Crippen molar-refractivity contribution in [3.05, 3.63) is 63.5 Å². The molecule has 1 fully saturated rings. The lowest BCUT2D eigenvalue weighted by Crippen LogP contribution is -2.53. The summed E-state index contributed by atoms with van der Waals surface area (Å²) in [6.45, 7) is 0.457. The molecule has 13 heteroatoms. The summed E-state index contributed by atoms with van der Waals surface area (Å²) in [5, 5.41) is 0.102. The molecular formula is C26H22ClF6N3O3. The summed E-state index contributed by atoms with van der Waals surface area (Å²) in [6, 6.07) is 10.8. The number of hydrogen-bond acceptors (Lipinski definition) is 5. The van der Waals surface area contributed by atoms with E-state index in [9.17, 15) is 35.9 Å². The molecule has 1 aromatic heterocycles. The maximum absolute atomic E-state index is 13.2. The number of ether oxygens (including phenoxy) is 1. The molecule has 3 aromatic rings. The molecule has 1 aliphatic rings. The van der Waals surface area contributed by atoms with Gasteiger partial charge in [0.2, 0.25) is 5.41 Å². The van der Waals surface area contributed by atoms with Gasteiger partial charge in [-0.2, -0.15) is 31.3 Å². The summed E-state index contributed by atoms with van der Waals surface area (Å²) in [4.78, 5) is 35.1. The van der Waals surface area contributed by atoms with Crippen LogP contribution >= 0.6 is 11.6 Å². The third kappa shape index (κ3) is 6.26. The zero-order valence-electron chi connectivity index (χ0n) is 20.4. The van der Waals surface area contributed by atoms with E-state index in [1.807, 2.05) is 0 Å². The van der Waals surface area contributed by atoms with Crippen molar-refractivity contribution in [3.8, 4) is 28.5 Å². The standard InChI is InChI=1S/C26H22ClF6N3O3/c1-24(25(28,29)30,26(31,32)33)20(37)11-5-14-4-10-19(27)18(12-14)22-34-21(35-23(38)36-22)16-6-8-17(9-7-16)39-13-15-2-3-15/h4,6-10,12,15H,2-3,5,11,13H2,1H3,(H,34,35,36,38). The SMILES string of the molecule is CC(C(=O)CCc1ccc(Cl)c(-c2nc(-c3ccc(OCC4CC4)cc3)nc(=O)[nH]2)c1)(C(F)(F)F)C(F)(F)F. The Labute approximate surface area is 223 Å². The predicted octanol–water partition coefficient (Wildman–Crippen LogP) is 6.57. The number of H-pyrrole nitrogens is 1. The van der Waals surface area contributed by atoms with E-state index in [-0.39, 0.29) is 34.7 Å². The van der Waals surface area contributed by atoms with Gasteiger partial charge in [-0.05, 0) is 74.1 Å². The van der Waals surface area contributed by atoms with E-state index in [4.69, 9.17) is 16.3 Å². The molecule has 1 N–H and O–H groups in total. The Balaban J connectivity index is 1.56. The van der Waals surface area contributed by atoms with Crippen molar-refractivity contribution < 1.29 is 35.9 Å². The highest BCUT2D eigenvalue weighted by Crippen LogP contribution is 2.51. The average molecular weight is 574 g/mol. The number of alkyl halides is 6. The van der Waals surface area contributed by atoms with E-state index < -0.39 is 42.1 Å². The van der Waals surface area contributed by atoms with Crippen LogP contribution in [0.25, 0.3) is 22.8 Å². The van der Waals surface area contributed by atoms with Gasteiger partial charge in [0, 0.05) is 17.5 Å². The molecule has 4 rings (SSSR count). The van der Waals surface area contributed by atoms with Crippen molar-refractivity contribution in [2.24, 2.45) is 11.3 Å². The van der Waals surface area contributed by atoms with E-state index in [1.54, 1.807) is 24.3 Å². The number of Topliss-reactive ketones (excluding diaryl/α,β-unsaturated/α-hetero) is 1. The second kappa shape index (κ2) is 10.6. The minimum absolute atomic E-state index is 0.0207. The number of nitrogens with zero attached hydrogens (tertiary/aromatic N) is 2. The first kappa shape index (κ1) is 28.6. The zero-order valence-corrected chi connectivity index (χ0v) is 21.2. The monoisotopic (exact) mass is 573 g/mol. The van der Waals surface area contributed by atoms with Gasteiger partial charge < -0.3 is 4.74 Å². The molecule has 208 valence electrons. The molecular weight excluding hydrogens is 552 g/mol. The second-order valence-corrected chi connectivity index (χ2v) is 9.87.